The van der Waals surface area contributed by atoms with Crippen LogP contribution in [0.15, 0.2) is 48.5 Å². The number of Topliss-reactive ketones (excluding diaryl/α,β-unsaturated/α-hetero) is 1. The van der Waals surface area contributed by atoms with Gasteiger partial charge in [-0.15, -0.1) is 0 Å². The van der Waals surface area contributed by atoms with E-state index in [0.717, 1.165) is 4.90 Å². The summed E-state index contributed by atoms with van der Waals surface area (Å²) in [5.41, 5.74) is -0.155. The maximum absolute atomic E-state index is 12.9. The summed E-state index contributed by atoms with van der Waals surface area (Å²) in [5.74, 6) is -0.153. The first kappa shape index (κ1) is 20.8. The normalized spacial score (nSPS) is 19.8. The minimum atomic E-state index is -1.24. The molecule has 2 aromatic carbocycles. The highest BCUT2D eigenvalue weighted by atomic mass is 35.5. The van der Waals surface area contributed by atoms with Gasteiger partial charge in [0.25, 0.3) is 5.91 Å². The van der Waals surface area contributed by atoms with Crippen molar-refractivity contribution in [2.45, 2.75) is 25.5 Å². The molecule has 2 aromatic rings. The maximum Gasteiger partial charge on any atom is 0.325 e. The molecule has 1 aliphatic rings. The number of ether oxygens (including phenoxy) is 1. The molecule has 1 fully saturated rings. The first-order valence-electron chi connectivity index (χ1n) is 9.03. The van der Waals surface area contributed by atoms with E-state index in [1.54, 1.807) is 55.5 Å². The summed E-state index contributed by atoms with van der Waals surface area (Å²) >= 11 is 5.89. The number of imide groups is 1. The van der Waals surface area contributed by atoms with Gasteiger partial charge in [0.1, 0.15) is 24.0 Å². The number of hydrogen-bond donors (Lipinski definition) is 2. The fourth-order valence-electron chi connectivity index (χ4n) is 3.10. The maximum atomic E-state index is 12.9. The summed E-state index contributed by atoms with van der Waals surface area (Å²) in [7, 11) is 0. The Morgan fingerprint density at radius 2 is 1.93 bits per heavy atom. The van der Waals surface area contributed by atoms with Crippen LogP contribution in [0.1, 0.15) is 29.8 Å². The Morgan fingerprint density at radius 3 is 2.59 bits per heavy atom. The molecular formula is C21H21ClN2O5. The standard InChI is InChI=1S/C21H21ClN2O5/c1-13(25)14-4-3-5-18(10-14)29-12-17(26)11-24-19(27)21(2,23-20(24)28)15-6-8-16(22)9-7-15/h3-10,17,26H,11-12H2,1-2H3,(H,23,28)/t17-,21+/m1/s1. The second-order valence-corrected chi connectivity index (χ2v) is 7.46. The molecule has 0 spiro atoms. The molecule has 1 saturated heterocycles. The van der Waals surface area contributed by atoms with Gasteiger partial charge in [-0.3, -0.25) is 14.5 Å². The molecule has 0 radical (unpaired) electrons. The number of benzene rings is 2. The molecule has 152 valence electrons. The van der Waals surface area contributed by atoms with Crippen LogP contribution < -0.4 is 10.1 Å². The van der Waals surface area contributed by atoms with Gasteiger partial charge in [0, 0.05) is 10.6 Å². The van der Waals surface area contributed by atoms with E-state index in [1.807, 2.05) is 0 Å². The lowest BCUT2D eigenvalue weighted by Gasteiger charge is -2.23. The fraction of sp³-hybridized carbons (Fsp3) is 0.286. The minimum Gasteiger partial charge on any atom is -0.491 e. The van der Waals surface area contributed by atoms with Gasteiger partial charge >= 0.3 is 6.03 Å². The molecule has 1 heterocycles. The third kappa shape index (κ3) is 4.41. The van der Waals surface area contributed by atoms with Crippen LogP contribution in [0.2, 0.25) is 5.02 Å². The third-order valence-electron chi connectivity index (χ3n) is 4.77. The lowest BCUT2D eigenvalue weighted by atomic mass is 9.92. The quantitative estimate of drug-likeness (QED) is 0.534. The average molecular weight is 417 g/mol. The van der Waals surface area contributed by atoms with E-state index < -0.39 is 23.6 Å². The van der Waals surface area contributed by atoms with Gasteiger partial charge in [0.2, 0.25) is 0 Å². The molecule has 0 bridgehead atoms. The van der Waals surface area contributed by atoms with Crippen molar-refractivity contribution in [1.82, 2.24) is 10.2 Å². The summed E-state index contributed by atoms with van der Waals surface area (Å²) in [6.07, 6.45) is -1.10. The van der Waals surface area contributed by atoms with Crippen molar-refractivity contribution in [3.63, 3.8) is 0 Å². The number of halogens is 1. The summed E-state index contributed by atoms with van der Waals surface area (Å²) in [6, 6.07) is 12.6. The van der Waals surface area contributed by atoms with E-state index in [2.05, 4.69) is 5.32 Å². The largest absolute Gasteiger partial charge is 0.491 e. The Balaban J connectivity index is 1.64. The molecule has 3 rings (SSSR count). The van der Waals surface area contributed by atoms with Crippen LogP contribution in [0, 0.1) is 0 Å². The Morgan fingerprint density at radius 1 is 1.24 bits per heavy atom. The predicted molar refractivity (Wildman–Crippen MR) is 107 cm³/mol. The van der Waals surface area contributed by atoms with E-state index in [-0.39, 0.29) is 18.9 Å². The van der Waals surface area contributed by atoms with E-state index in [0.29, 0.717) is 21.9 Å². The average Bonchev–Trinajstić information content (AvgIpc) is 2.91. The first-order valence-corrected chi connectivity index (χ1v) is 9.40. The Kier molecular flexibility index (Phi) is 5.91. The van der Waals surface area contributed by atoms with Gasteiger partial charge in [0.15, 0.2) is 5.78 Å². The van der Waals surface area contributed by atoms with Crippen molar-refractivity contribution in [1.29, 1.82) is 0 Å². The Hall–Kier alpha value is -2.90. The topological polar surface area (TPSA) is 95.9 Å². The monoisotopic (exact) mass is 416 g/mol. The van der Waals surface area contributed by atoms with Crippen LogP contribution in [0.25, 0.3) is 0 Å². The number of rotatable bonds is 7. The number of hydrogen-bond acceptors (Lipinski definition) is 5. The number of ketones is 1. The van der Waals surface area contributed by atoms with Crippen LogP contribution in [0.3, 0.4) is 0 Å². The van der Waals surface area contributed by atoms with Crippen LogP contribution in [-0.4, -0.2) is 47.0 Å². The van der Waals surface area contributed by atoms with Gasteiger partial charge in [-0.25, -0.2) is 4.79 Å². The number of urea groups is 1. The van der Waals surface area contributed by atoms with Crippen LogP contribution >= 0.6 is 11.6 Å². The highest BCUT2D eigenvalue weighted by Crippen LogP contribution is 2.29. The molecule has 0 unspecified atom stereocenters. The number of nitrogens with zero attached hydrogens (tertiary/aromatic N) is 1. The lowest BCUT2D eigenvalue weighted by Crippen LogP contribution is -2.42. The zero-order chi connectivity index (χ0) is 21.2. The van der Waals surface area contributed by atoms with Crippen LogP contribution in [0.4, 0.5) is 4.79 Å². The number of aliphatic hydroxyl groups is 1. The molecular weight excluding hydrogens is 396 g/mol. The summed E-state index contributed by atoms with van der Waals surface area (Å²) < 4.78 is 5.50. The van der Waals surface area contributed by atoms with Crippen molar-refractivity contribution in [2.24, 2.45) is 0 Å². The van der Waals surface area contributed by atoms with E-state index >= 15 is 0 Å². The third-order valence-corrected chi connectivity index (χ3v) is 5.02. The number of β-amino-alcohol motifs (C(OH)–C–C–N with tert-alkyl or cyclic N) is 1. The second kappa shape index (κ2) is 8.23. The summed E-state index contributed by atoms with van der Waals surface area (Å²) in [4.78, 5) is 37.6. The molecule has 2 atom stereocenters. The predicted octanol–water partition coefficient (Wildman–Crippen LogP) is 2.75. The minimum absolute atomic E-state index is 0.100. The molecule has 0 aliphatic carbocycles. The number of aliphatic hydroxyl groups excluding tert-OH is 1. The van der Waals surface area contributed by atoms with Crippen LogP contribution in [0.5, 0.6) is 5.75 Å². The molecule has 1 aliphatic heterocycles. The molecule has 8 heteroatoms. The van der Waals surface area contributed by atoms with Crippen molar-refractivity contribution in [3.8, 4) is 5.75 Å². The summed E-state index contributed by atoms with van der Waals surface area (Å²) in [6.45, 7) is 2.69. The zero-order valence-corrected chi connectivity index (χ0v) is 16.8. The van der Waals surface area contributed by atoms with E-state index in [1.165, 1.54) is 6.92 Å². The molecule has 3 amide bonds. The second-order valence-electron chi connectivity index (χ2n) is 7.03. The number of carbonyl (C=O) groups excluding carboxylic acids is 3. The number of nitrogens with one attached hydrogen (secondary N) is 1. The SMILES string of the molecule is CC(=O)c1cccc(OC[C@H](O)CN2C(=O)N[C@@](C)(c3ccc(Cl)cc3)C2=O)c1. The highest BCUT2D eigenvalue weighted by molar-refractivity contribution is 6.30. The van der Waals surface area contributed by atoms with Gasteiger partial charge in [0.05, 0.1) is 6.54 Å². The molecule has 29 heavy (non-hydrogen) atoms. The lowest BCUT2D eigenvalue weighted by molar-refractivity contribution is -0.132. The highest BCUT2D eigenvalue weighted by Gasteiger charge is 2.49. The van der Waals surface area contributed by atoms with Gasteiger partial charge < -0.3 is 15.2 Å². The molecule has 7 nitrogen and oxygen atoms in total. The molecule has 0 aromatic heterocycles. The fourth-order valence-corrected chi connectivity index (χ4v) is 3.23. The molecule has 0 saturated carbocycles. The Bertz CT molecular complexity index is 946. The number of carbonyl (C=O) groups is 3. The van der Waals surface area contributed by atoms with Gasteiger partial charge in [-0.1, -0.05) is 35.9 Å². The van der Waals surface area contributed by atoms with Crippen LogP contribution in [-0.2, 0) is 10.3 Å². The van der Waals surface area contributed by atoms with Crippen molar-refractivity contribution in [3.05, 3.63) is 64.7 Å². The van der Waals surface area contributed by atoms with Crippen molar-refractivity contribution >= 4 is 29.3 Å². The zero-order valence-electron chi connectivity index (χ0n) is 16.0. The van der Waals surface area contributed by atoms with Gasteiger partial charge in [-0.05, 0) is 43.7 Å². The van der Waals surface area contributed by atoms with E-state index in [9.17, 15) is 19.5 Å². The van der Waals surface area contributed by atoms with Crippen molar-refractivity contribution in [2.75, 3.05) is 13.2 Å². The Labute approximate surface area is 173 Å². The van der Waals surface area contributed by atoms with E-state index in [4.69, 9.17) is 16.3 Å². The van der Waals surface area contributed by atoms with Gasteiger partial charge in [-0.2, -0.15) is 0 Å². The van der Waals surface area contributed by atoms with Crippen molar-refractivity contribution < 1.29 is 24.2 Å². The first-order chi connectivity index (χ1) is 13.7. The number of amides is 3. The molecule has 2 N–H and O–H groups in total. The summed E-state index contributed by atoms with van der Waals surface area (Å²) in [5, 5.41) is 13.5. The smallest absolute Gasteiger partial charge is 0.325 e.